The quantitative estimate of drug-likeness (QED) is 0.800. The highest BCUT2D eigenvalue weighted by atomic mass is 16.3. The maximum absolute atomic E-state index is 10.2. The average molecular weight is 247 g/mol. The van der Waals surface area contributed by atoms with Gasteiger partial charge in [0.2, 0.25) is 0 Å². The van der Waals surface area contributed by atoms with Crippen molar-refractivity contribution in [3.63, 3.8) is 0 Å². The topological polar surface area (TPSA) is 23.5 Å². The van der Waals surface area contributed by atoms with Crippen LogP contribution in [0.3, 0.4) is 0 Å². The molecule has 1 aromatic rings. The van der Waals surface area contributed by atoms with Crippen LogP contribution in [0.1, 0.15) is 43.4 Å². The summed E-state index contributed by atoms with van der Waals surface area (Å²) in [6.45, 7) is 7.60. The van der Waals surface area contributed by atoms with Crippen molar-refractivity contribution in [1.82, 2.24) is 4.90 Å². The molecule has 1 N–H and O–H groups in total. The standard InChI is InChI=1S/C16H25NO/c1-3-17(12-14-6-7-14)11-10-16(18)15-8-4-13(2)5-9-15/h4-5,8-9,14,16,18H,3,6-7,10-12H2,1-2H3. The summed E-state index contributed by atoms with van der Waals surface area (Å²) in [6.07, 6.45) is 3.32. The molecule has 1 aliphatic rings. The first-order valence-electron chi connectivity index (χ1n) is 7.16. The predicted octanol–water partition coefficient (Wildman–Crippen LogP) is 3.15. The molecule has 1 aliphatic carbocycles. The molecule has 0 amide bonds. The van der Waals surface area contributed by atoms with Gasteiger partial charge in [-0.15, -0.1) is 0 Å². The van der Waals surface area contributed by atoms with E-state index in [1.807, 2.05) is 12.1 Å². The van der Waals surface area contributed by atoms with Crippen molar-refractivity contribution < 1.29 is 5.11 Å². The van der Waals surface area contributed by atoms with Crippen LogP contribution in [0.2, 0.25) is 0 Å². The smallest absolute Gasteiger partial charge is 0.0802 e. The molecule has 2 heteroatoms. The van der Waals surface area contributed by atoms with Crippen LogP contribution in [0.4, 0.5) is 0 Å². The van der Waals surface area contributed by atoms with E-state index in [4.69, 9.17) is 0 Å². The Balaban J connectivity index is 1.78. The lowest BCUT2D eigenvalue weighted by molar-refractivity contribution is 0.142. The minimum atomic E-state index is -0.321. The van der Waals surface area contributed by atoms with Gasteiger partial charge in [-0.1, -0.05) is 36.8 Å². The third-order valence-corrected chi connectivity index (χ3v) is 3.84. The molecule has 0 heterocycles. The molecule has 100 valence electrons. The second-order valence-electron chi connectivity index (χ2n) is 5.55. The molecule has 0 aliphatic heterocycles. The molecule has 0 aromatic heterocycles. The van der Waals surface area contributed by atoms with Crippen LogP contribution in [0.5, 0.6) is 0 Å². The Kier molecular flexibility index (Phi) is 4.79. The van der Waals surface area contributed by atoms with Gasteiger partial charge < -0.3 is 10.0 Å². The predicted molar refractivity (Wildman–Crippen MR) is 75.6 cm³/mol. The molecule has 18 heavy (non-hydrogen) atoms. The van der Waals surface area contributed by atoms with Crippen molar-refractivity contribution in [1.29, 1.82) is 0 Å². The second-order valence-corrected chi connectivity index (χ2v) is 5.55. The van der Waals surface area contributed by atoms with Gasteiger partial charge in [-0.2, -0.15) is 0 Å². The molecule has 2 rings (SSSR count). The fourth-order valence-electron chi connectivity index (χ4n) is 2.30. The lowest BCUT2D eigenvalue weighted by Crippen LogP contribution is -2.27. The van der Waals surface area contributed by atoms with E-state index < -0.39 is 0 Å². The molecule has 0 spiro atoms. The molecule has 1 aromatic carbocycles. The third-order valence-electron chi connectivity index (χ3n) is 3.84. The number of nitrogens with zero attached hydrogens (tertiary/aromatic N) is 1. The van der Waals surface area contributed by atoms with Gasteiger partial charge in [0, 0.05) is 13.1 Å². The lowest BCUT2D eigenvalue weighted by Gasteiger charge is -2.22. The molecule has 0 bridgehead atoms. The minimum Gasteiger partial charge on any atom is -0.388 e. The highest BCUT2D eigenvalue weighted by Gasteiger charge is 2.23. The van der Waals surface area contributed by atoms with E-state index in [1.165, 1.54) is 24.9 Å². The van der Waals surface area contributed by atoms with Crippen molar-refractivity contribution in [2.75, 3.05) is 19.6 Å². The van der Waals surface area contributed by atoms with Gasteiger partial charge in [0.25, 0.3) is 0 Å². The number of benzene rings is 1. The van der Waals surface area contributed by atoms with Gasteiger partial charge in [0.05, 0.1) is 6.10 Å². The Bertz CT molecular complexity index is 356. The van der Waals surface area contributed by atoms with Crippen molar-refractivity contribution in [3.05, 3.63) is 35.4 Å². The van der Waals surface area contributed by atoms with E-state index in [1.54, 1.807) is 0 Å². The number of rotatable bonds is 7. The van der Waals surface area contributed by atoms with Crippen LogP contribution in [0, 0.1) is 12.8 Å². The molecule has 0 radical (unpaired) electrons. The fourth-order valence-corrected chi connectivity index (χ4v) is 2.30. The second kappa shape index (κ2) is 6.35. The van der Waals surface area contributed by atoms with Gasteiger partial charge >= 0.3 is 0 Å². The highest BCUT2D eigenvalue weighted by Crippen LogP contribution is 2.30. The van der Waals surface area contributed by atoms with Crippen LogP contribution in [-0.2, 0) is 0 Å². The van der Waals surface area contributed by atoms with Gasteiger partial charge in [-0.3, -0.25) is 0 Å². The number of aliphatic hydroxyl groups is 1. The molecule has 0 saturated heterocycles. The van der Waals surface area contributed by atoms with Gasteiger partial charge in [0.1, 0.15) is 0 Å². The minimum absolute atomic E-state index is 0.321. The number of hydrogen-bond acceptors (Lipinski definition) is 2. The van der Waals surface area contributed by atoms with Crippen molar-refractivity contribution in [3.8, 4) is 0 Å². The maximum Gasteiger partial charge on any atom is 0.0802 e. The van der Waals surface area contributed by atoms with Crippen molar-refractivity contribution >= 4 is 0 Å². The molecular formula is C16H25NO. The normalized spacial score (nSPS) is 17.1. The summed E-state index contributed by atoms with van der Waals surface area (Å²) in [5.74, 6) is 0.932. The number of aryl methyl sites for hydroxylation is 1. The van der Waals surface area contributed by atoms with Crippen LogP contribution in [0.15, 0.2) is 24.3 Å². The Morgan fingerprint density at radius 2 is 1.94 bits per heavy atom. The van der Waals surface area contributed by atoms with E-state index in [9.17, 15) is 5.11 Å². The van der Waals surface area contributed by atoms with Gasteiger partial charge in [0.15, 0.2) is 0 Å². The van der Waals surface area contributed by atoms with E-state index >= 15 is 0 Å². The van der Waals surface area contributed by atoms with Gasteiger partial charge in [-0.25, -0.2) is 0 Å². The summed E-state index contributed by atoms with van der Waals surface area (Å²) in [5.41, 5.74) is 2.29. The van der Waals surface area contributed by atoms with E-state index in [0.29, 0.717) is 0 Å². The largest absolute Gasteiger partial charge is 0.388 e. The van der Waals surface area contributed by atoms with Crippen molar-refractivity contribution in [2.45, 2.75) is 39.2 Å². The summed E-state index contributed by atoms with van der Waals surface area (Å²) in [5, 5.41) is 10.2. The average Bonchev–Trinajstić information content (AvgIpc) is 3.18. The summed E-state index contributed by atoms with van der Waals surface area (Å²) in [4.78, 5) is 2.47. The molecule has 1 fully saturated rings. The van der Waals surface area contributed by atoms with E-state index in [-0.39, 0.29) is 6.10 Å². The molecule has 1 saturated carbocycles. The molecule has 1 atom stereocenters. The van der Waals surface area contributed by atoms with Crippen LogP contribution < -0.4 is 0 Å². The summed E-state index contributed by atoms with van der Waals surface area (Å²) < 4.78 is 0. The summed E-state index contributed by atoms with van der Waals surface area (Å²) >= 11 is 0. The summed E-state index contributed by atoms with van der Waals surface area (Å²) in [7, 11) is 0. The van der Waals surface area contributed by atoms with Crippen LogP contribution in [0.25, 0.3) is 0 Å². The molecule has 1 unspecified atom stereocenters. The number of aliphatic hydroxyl groups excluding tert-OH is 1. The SMILES string of the molecule is CCN(CCC(O)c1ccc(C)cc1)CC1CC1. The van der Waals surface area contributed by atoms with Crippen LogP contribution in [-0.4, -0.2) is 29.6 Å². The zero-order chi connectivity index (χ0) is 13.0. The Morgan fingerprint density at radius 1 is 1.28 bits per heavy atom. The maximum atomic E-state index is 10.2. The first-order valence-corrected chi connectivity index (χ1v) is 7.16. The van der Waals surface area contributed by atoms with Gasteiger partial charge in [-0.05, 0) is 44.2 Å². The first-order chi connectivity index (χ1) is 8.69. The highest BCUT2D eigenvalue weighted by molar-refractivity contribution is 5.22. The fraction of sp³-hybridized carbons (Fsp3) is 0.625. The molecule has 2 nitrogen and oxygen atoms in total. The third kappa shape index (κ3) is 4.11. The zero-order valence-corrected chi connectivity index (χ0v) is 11.6. The number of hydrogen-bond donors (Lipinski definition) is 1. The van der Waals surface area contributed by atoms with Crippen molar-refractivity contribution in [2.24, 2.45) is 5.92 Å². The monoisotopic (exact) mass is 247 g/mol. The molecular weight excluding hydrogens is 222 g/mol. The zero-order valence-electron chi connectivity index (χ0n) is 11.6. The van der Waals surface area contributed by atoms with Crippen LogP contribution >= 0.6 is 0 Å². The summed E-state index contributed by atoms with van der Waals surface area (Å²) in [6, 6.07) is 8.22. The Morgan fingerprint density at radius 3 is 2.50 bits per heavy atom. The Hall–Kier alpha value is -0.860. The van der Waals surface area contributed by atoms with E-state index in [2.05, 4.69) is 30.9 Å². The lowest BCUT2D eigenvalue weighted by atomic mass is 10.0. The first kappa shape index (κ1) is 13.6. The van der Waals surface area contributed by atoms with E-state index in [0.717, 1.165) is 31.0 Å². The Labute approximate surface area is 111 Å².